The zero-order valence-electron chi connectivity index (χ0n) is 13.9. The lowest BCUT2D eigenvalue weighted by Crippen LogP contribution is -2.31. The molecule has 0 spiro atoms. The molecule has 1 saturated carbocycles. The average molecular weight is 343 g/mol. The first-order valence-electron chi connectivity index (χ1n) is 7.94. The summed E-state index contributed by atoms with van der Waals surface area (Å²) in [5.41, 5.74) is 0.960. The van der Waals surface area contributed by atoms with Crippen LogP contribution in [0.3, 0.4) is 0 Å². The molecule has 0 radical (unpaired) electrons. The van der Waals surface area contributed by atoms with Gasteiger partial charge < -0.3 is 14.4 Å². The lowest BCUT2D eigenvalue weighted by Gasteiger charge is -2.22. The fourth-order valence-electron chi connectivity index (χ4n) is 2.60. The number of rotatable bonds is 7. The number of carbonyl (C=O) groups excluding carboxylic acids is 1. The molecule has 0 N–H and O–H groups in total. The van der Waals surface area contributed by atoms with Gasteiger partial charge in [0.25, 0.3) is 0 Å². The molecule has 0 bridgehead atoms. The van der Waals surface area contributed by atoms with Crippen molar-refractivity contribution in [2.24, 2.45) is 0 Å². The first-order valence-corrected chi connectivity index (χ1v) is 8.82. The van der Waals surface area contributed by atoms with Gasteiger partial charge >= 0.3 is 0 Å². The third-order valence-corrected chi connectivity index (χ3v) is 4.87. The predicted octanol–water partition coefficient (Wildman–Crippen LogP) is 3.97. The van der Waals surface area contributed by atoms with E-state index >= 15 is 0 Å². The van der Waals surface area contributed by atoms with Crippen LogP contribution in [0.15, 0.2) is 41.8 Å². The summed E-state index contributed by atoms with van der Waals surface area (Å²) < 4.78 is 10.7. The molecular weight excluding hydrogens is 322 g/mol. The largest absolute Gasteiger partial charge is 0.497 e. The molecule has 1 aromatic carbocycles. The Morgan fingerprint density at radius 1 is 1.29 bits per heavy atom. The second-order valence-corrected chi connectivity index (χ2v) is 6.70. The van der Waals surface area contributed by atoms with E-state index in [-0.39, 0.29) is 5.91 Å². The topological polar surface area (TPSA) is 38.8 Å². The van der Waals surface area contributed by atoms with Gasteiger partial charge in [0.05, 0.1) is 20.8 Å². The lowest BCUT2D eigenvalue weighted by molar-refractivity contribution is -0.127. The van der Waals surface area contributed by atoms with Crippen molar-refractivity contribution >= 4 is 23.3 Å². The summed E-state index contributed by atoms with van der Waals surface area (Å²) in [6.45, 7) is 0.526. The number of methoxy groups -OCH3 is 2. The van der Waals surface area contributed by atoms with Crippen LogP contribution in [-0.2, 0) is 11.3 Å². The molecule has 0 unspecified atom stereocenters. The van der Waals surface area contributed by atoms with E-state index in [2.05, 4.69) is 0 Å². The molecule has 4 nitrogen and oxygen atoms in total. The summed E-state index contributed by atoms with van der Waals surface area (Å²) in [4.78, 5) is 15.6. The minimum atomic E-state index is 0.0378. The van der Waals surface area contributed by atoms with Crippen LogP contribution in [0.2, 0.25) is 0 Å². The van der Waals surface area contributed by atoms with E-state index in [0.717, 1.165) is 34.8 Å². The second kappa shape index (κ2) is 7.53. The van der Waals surface area contributed by atoms with Crippen LogP contribution in [-0.4, -0.2) is 31.1 Å². The van der Waals surface area contributed by atoms with E-state index in [9.17, 15) is 4.79 Å². The van der Waals surface area contributed by atoms with E-state index in [4.69, 9.17) is 9.47 Å². The van der Waals surface area contributed by atoms with Crippen molar-refractivity contribution in [3.8, 4) is 11.5 Å². The number of carbonyl (C=O) groups is 1. The first-order chi connectivity index (χ1) is 11.7. The summed E-state index contributed by atoms with van der Waals surface area (Å²) in [7, 11) is 3.28. The van der Waals surface area contributed by atoms with E-state index in [1.807, 2.05) is 46.7 Å². The van der Waals surface area contributed by atoms with Crippen molar-refractivity contribution in [3.63, 3.8) is 0 Å². The van der Waals surface area contributed by atoms with E-state index < -0.39 is 0 Å². The molecule has 0 atom stereocenters. The summed E-state index contributed by atoms with van der Waals surface area (Å²) in [6, 6.07) is 9.98. The van der Waals surface area contributed by atoms with Crippen molar-refractivity contribution in [2.45, 2.75) is 25.4 Å². The quantitative estimate of drug-likeness (QED) is 0.714. The van der Waals surface area contributed by atoms with Crippen molar-refractivity contribution < 1.29 is 14.3 Å². The first kappa shape index (κ1) is 16.6. The van der Waals surface area contributed by atoms with Gasteiger partial charge in [-0.2, -0.15) is 0 Å². The smallest absolute Gasteiger partial charge is 0.247 e. The fourth-order valence-corrected chi connectivity index (χ4v) is 3.22. The Morgan fingerprint density at radius 3 is 2.75 bits per heavy atom. The lowest BCUT2D eigenvalue weighted by atomic mass is 10.1. The maximum atomic E-state index is 12.7. The molecule has 1 aliphatic carbocycles. The van der Waals surface area contributed by atoms with Gasteiger partial charge in [0, 0.05) is 22.6 Å². The minimum absolute atomic E-state index is 0.0378. The van der Waals surface area contributed by atoms with Gasteiger partial charge in [-0.05, 0) is 48.6 Å². The number of thiophene rings is 1. The van der Waals surface area contributed by atoms with Gasteiger partial charge in [0.1, 0.15) is 11.5 Å². The predicted molar refractivity (Wildman–Crippen MR) is 96.5 cm³/mol. The van der Waals surface area contributed by atoms with Crippen molar-refractivity contribution in [2.75, 3.05) is 14.2 Å². The van der Waals surface area contributed by atoms with Crippen LogP contribution in [0.5, 0.6) is 11.5 Å². The van der Waals surface area contributed by atoms with E-state index in [1.54, 1.807) is 31.6 Å². The molecule has 0 aliphatic heterocycles. The molecule has 0 saturated heterocycles. The standard InChI is InChI=1S/C19H21NO3S/c1-22-16-7-9-18(23-2)14(12-16)13-20(15-5-6-15)19(21)10-8-17-4-3-11-24-17/h3-4,7-12,15H,5-6,13H2,1-2H3/b10-8+. The zero-order valence-corrected chi connectivity index (χ0v) is 14.7. The molecule has 2 aromatic rings. The maximum absolute atomic E-state index is 12.7. The van der Waals surface area contributed by atoms with Crippen LogP contribution < -0.4 is 9.47 Å². The third-order valence-electron chi connectivity index (χ3n) is 4.03. The molecule has 1 fully saturated rings. The van der Waals surface area contributed by atoms with Crippen LogP contribution in [0, 0.1) is 0 Å². The van der Waals surface area contributed by atoms with Crippen LogP contribution >= 0.6 is 11.3 Å². The average Bonchev–Trinajstić information content (AvgIpc) is 3.32. The van der Waals surface area contributed by atoms with Crippen molar-refractivity contribution in [3.05, 3.63) is 52.2 Å². The Kier molecular flexibility index (Phi) is 5.20. The monoisotopic (exact) mass is 343 g/mol. The second-order valence-electron chi connectivity index (χ2n) is 5.72. The summed E-state index contributed by atoms with van der Waals surface area (Å²) in [5, 5.41) is 2.00. The summed E-state index contributed by atoms with van der Waals surface area (Å²) in [5.74, 6) is 1.58. The van der Waals surface area contributed by atoms with Crippen LogP contribution in [0.25, 0.3) is 6.08 Å². The third kappa shape index (κ3) is 3.97. The molecule has 1 heterocycles. The highest BCUT2D eigenvalue weighted by Crippen LogP contribution is 2.32. The molecule has 5 heteroatoms. The normalized spacial score (nSPS) is 13.9. The molecule has 1 amide bonds. The van der Waals surface area contributed by atoms with Crippen molar-refractivity contribution in [1.29, 1.82) is 0 Å². The van der Waals surface area contributed by atoms with Crippen molar-refractivity contribution in [1.82, 2.24) is 4.90 Å². The van der Waals surface area contributed by atoms with E-state index in [1.165, 1.54) is 0 Å². The highest BCUT2D eigenvalue weighted by atomic mass is 32.1. The molecule has 1 aliphatic rings. The Labute approximate surface area is 146 Å². The zero-order chi connectivity index (χ0) is 16.9. The Balaban J connectivity index is 1.78. The number of hydrogen-bond acceptors (Lipinski definition) is 4. The van der Waals surface area contributed by atoms with Gasteiger partial charge in [-0.1, -0.05) is 6.07 Å². The Bertz CT molecular complexity index is 720. The summed E-state index contributed by atoms with van der Waals surface area (Å²) >= 11 is 1.62. The maximum Gasteiger partial charge on any atom is 0.247 e. The van der Waals surface area contributed by atoms with Gasteiger partial charge in [0.2, 0.25) is 5.91 Å². The number of benzene rings is 1. The van der Waals surface area contributed by atoms with Gasteiger partial charge in [-0.3, -0.25) is 4.79 Å². The molecule has 126 valence electrons. The molecular formula is C19H21NO3S. The van der Waals surface area contributed by atoms with Gasteiger partial charge in [0.15, 0.2) is 0 Å². The minimum Gasteiger partial charge on any atom is -0.497 e. The summed E-state index contributed by atoms with van der Waals surface area (Å²) in [6.07, 6.45) is 5.66. The van der Waals surface area contributed by atoms with E-state index in [0.29, 0.717) is 12.6 Å². The Morgan fingerprint density at radius 2 is 2.12 bits per heavy atom. The van der Waals surface area contributed by atoms with Crippen LogP contribution in [0.1, 0.15) is 23.3 Å². The molecule has 1 aromatic heterocycles. The number of amides is 1. The molecule has 3 rings (SSSR count). The highest BCUT2D eigenvalue weighted by Gasteiger charge is 2.32. The van der Waals surface area contributed by atoms with Gasteiger partial charge in [-0.25, -0.2) is 0 Å². The fraction of sp³-hybridized carbons (Fsp3) is 0.316. The highest BCUT2D eigenvalue weighted by molar-refractivity contribution is 7.10. The van der Waals surface area contributed by atoms with Gasteiger partial charge in [-0.15, -0.1) is 11.3 Å². The van der Waals surface area contributed by atoms with Crippen LogP contribution in [0.4, 0.5) is 0 Å². The number of nitrogens with zero attached hydrogens (tertiary/aromatic N) is 1. The number of hydrogen-bond donors (Lipinski definition) is 0. The Hall–Kier alpha value is -2.27. The SMILES string of the molecule is COc1ccc(OC)c(CN(C(=O)/C=C/c2cccs2)C2CC2)c1. The number of ether oxygens (including phenoxy) is 2. The molecule has 24 heavy (non-hydrogen) atoms.